The first-order valence-electron chi connectivity index (χ1n) is 13.0. The Morgan fingerprint density at radius 1 is 1.20 bits per heavy atom. The van der Waals surface area contributed by atoms with Crippen molar-refractivity contribution >= 4 is 10.9 Å². The minimum Gasteiger partial charge on any atom is -0.303 e. The third-order valence-electron chi connectivity index (χ3n) is 6.10. The molecule has 0 radical (unpaired) electrons. The van der Waals surface area contributed by atoms with Crippen LogP contribution in [-0.2, 0) is 19.8 Å². The van der Waals surface area contributed by atoms with Crippen molar-refractivity contribution in [2.24, 2.45) is 13.0 Å². The molecule has 1 aliphatic heterocycles. The number of pyridine rings is 1. The Kier molecular flexibility index (Phi) is 3.20. The standard InChI is InChI=1S/C27H30N3/c1-16(2)12-20-8-7-9-24-21(20)10-11-25(29(24)6)22-13-26-23(19(5)18(22)4)14-27-28-17(3)15-30(26)27/h7-11,13,15-16H,12,14H2,1-6H3/q+1/i5D3,12D2. The number of hydrogen-bond donors (Lipinski definition) is 0. The number of rotatable bonds is 3. The molecule has 1 aliphatic rings. The van der Waals surface area contributed by atoms with Crippen molar-refractivity contribution in [1.29, 1.82) is 0 Å². The first-order valence-corrected chi connectivity index (χ1v) is 10.5. The number of aryl methyl sites for hydroxylation is 2. The molecule has 3 heteroatoms. The van der Waals surface area contributed by atoms with Crippen LogP contribution in [0.15, 0.2) is 42.6 Å². The lowest BCUT2D eigenvalue weighted by atomic mass is 9.92. The molecule has 3 nitrogen and oxygen atoms in total. The molecule has 30 heavy (non-hydrogen) atoms. The maximum absolute atomic E-state index is 8.66. The maximum Gasteiger partial charge on any atom is 0.213 e. The Hall–Kier alpha value is -2.94. The highest BCUT2D eigenvalue weighted by molar-refractivity contribution is 5.82. The first-order chi connectivity index (χ1) is 16.3. The Balaban J connectivity index is 1.79. The predicted molar refractivity (Wildman–Crippen MR) is 123 cm³/mol. The molecule has 2 aromatic carbocycles. The number of hydrogen-bond acceptors (Lipinski definition) is 1. The van der Waals surface area contributed by atoms with Gasteiger partial charge in [0.2, 0.25) is 11.2 Å². The summed E-state index contributed by atoms with van der Waals surface area (Å²) in [6.07, 6.45) is 1.00. The van der Waals surface area contributed by atoms with Gasteiger partial charge in [0, 0.05) is 37.0 Å². The molecule has 4 aromatic rings. The van der Waals surface area contributed by atoms with Crippen LogP contribution in [0, 0.1) is 26.6 Å². The van der Waals surface area contributed by atoms with Crippen LogP contribution in [0.4, 0.5) is 0 Å². The number of nitrogens with zero attached hydrogens (tertiary/aromatic N) is 3. The van der Waals surface area contributed by atoms with Gasteiger partial charge in [0.1, 0.15) is 12.9 Å². The van der Waals surface area contributed by atoms with Crippen LogP contribution in [0.2, 0.25) is 0 Å². The summed E-state index contributed by atoms with van der Waals surface area (Å²) < 4.78 is 46.3. The second-order valence-corrected chi connectivity index (χ2v) is 8.58. The van der Waals surface area contributed by atoms with Crippen LogP contribution in [0.25, 0.3) is 27.8 Å². The summed E-state index contributed by atoms with van der Waals surface area (Å²) >= 11 is 0. The minimum atomic E-state index is -2.25. The van der Waals surface area contributed by atoms with Crippen LogP contribution in [-0.4, -0.2) is 9.55 Å². The van der Waals surface area contributed by atoms with E-state index in [0.717, 1.165) is 50.5 Å². The second kappa shape index (κ2) is 6.80. The molecule has 0 saturated carbocycles. The van der Waals surface area contributed by atoms with Crippen molar-refractivity contribution in [3.63, 3.8) is 0 Å². The van der Waals surface area contributed by atoms with Crippen molar-refractivity contribution < 1.29 is 11.4 Å². The van der Waals surface area contributed by atoms with E-state index in [1.807, 2.05) is 80.4 Å². The lowest BCUT2D eigenvalue weighted by Gasteiger charge is -2.15. The summed E-state index contributed by atoms with van der Waals surface area (Å²) in [4.78, 5) is 4.61. The first kappa shape index (κ1) is 14.1. The maximum atomic E-state index is 8.66. The Morgan fingerprint density at radius 2 is 2.03 bits per heavy atom. The fraction of sp³-hybridized carbons (Fsp3) is 0.333. The summed E-state index contributed by atoms with van der Waals surface area (Å²) in [6, 6.07) is 11.8. The molecule has 5 rings (SSSR count). The van der Waals surface area contributed by atoms with Crippen molar-refractivity contribution in [3.05, 3.63) is 76.4 Å². The highest BCUT2D eigenvalue weighted by Gasteiger charge is 2.27. The fourth-order valence-corrected chi connectivity index (χ4v) is 4.65. The Labute approximate surface area is 186 Å². The zero-order chi connectivity index (χ0) is 25.4. The van der Waals surface area contributed by atoms with Gasteiger partial charge in [-0.1, -0.05) is 26.0 Å². The number of aromatic nitrogens is 3. The average molecular weight is 402 g/mol. The highest BCUT2D eigenvalue weighted by Crippen LogP contribution is 2.37. The summed E-state index contributed by atoms with van der Waals surface area (Å²) in [6.45, 7) is 5.37. The van der Waals surface area contributed by atoms with Gasteiger partial charge in [-0.25, -0.2) is 4.98 Å². The van der Waals surface area contributed by atoms with Gasteiger partial charge in [0.05, 0.1) is 16.9 Å². The van der Waals surface area contributed by atoms with E-state index in [2.05, 4.69) is 11.1 Å². The van der Waals surface area contributed by atoms with Crippen LogP contribution in [0.3, 0.4) is 0 Å². The Morgan fingerprint density at radius 3 is 2.80 bits per heavy atom. The van der Waals surface area contributed by atoms with Crippen LogP contribution >= 0.6 is 0 Å². The topological polar surface area (TPSA) is 21.7 Å². The largest absolute Gasteiger partial charge is 0.303 e. The van der Waals surface area contributed by atoms with Crippen molar-refractivity contribution in [1.82, 2.24) is 9.55 Å². The van der Waals surface area contributed by atoms with Gasteiger partial charge in [0.25, 0.3) is 0 Å². The molecule has 3 heterocycles. The SMILES string of the molecule is [2H]C([2H])([2H])c1c(C)c(-c2ccc3c(C([2H])([2H])C(C)C)cccc3[n+]2C)cc2c1Cc1nc(C)cn1-2. The molecule has 0 spiro atoms. The highest BCUT2D eigenvalue weighted by atomic mass is 15.1. The van der Waals surface area contributed by atoms with Gasteiger partial charge < -0.3 is 4.57 Å². The van der Waals surface area contributed by atoms with Crippen LogP contribution < -0.4 is 4.57 Å². The smallest absolute Gasteiger partial charge is 0.213 e. The third-order valence-corrected chi connectivity index (χ3v) is 6.10. The van der Waals surface area contributed by atoms with Gasteiger partial charge in [0.15, 0.2) is 0 Å². The van der Waals surface area contributed by atoms with E-state index in [4.69, 9.17) is 6.85 Å². The van der Waals surface area contributed by atoms with Crippen molar-refractivity contribution in [2.75, 3.05) is 0 Å². The lowest BCUT2D eigenvalue weighted by molar-refractivity contribution is -0.633. The molecule has 0 atom stereocenters. The van der Waals surface area contributed by atoms with E-state index in [0.29, 0.717) is 17.5 Å². The van der Waals surface area contributed by atoms with E-state index in [1.165, 1.54) is 0 Å². The monoisotopic (exact) mass is 401 g/mol. The molecule has 0 bridgehead atoms. The molecule has 0 amide bonds. The number of imidazole rings is 1. The van der Waals surface area contributed by atoms with Gasteiger partial charge >= 0.3 is 0 Å². The third kappa shape index (κ3) is 2.79. The normalized spacial score (nSPS) is 16.0. The van der Waals surface area contributed by atoms with E-state index in [1.54, 1.807) is 0 Å². The fourth-order valence-electron chi connectivity index (χ4n) is 4.65. The lowest BCUT2D eigenvalue weighted by Crippen LogP contribution is -2.32. The molecule has 0 unspecified atom stereocenters. The average Bonchev–Trinajstić information content (AvgIpc) is 3.28. The molecular weight excluding hydrogens is 366 g/mol. The predicted octanol–water partition coefficient (Wildman–Crippen LogP) is 5.54. The molecule has 152 valence electrons. The van der Waals surface area contributed by atoms with Crippen LogP contribution in [0.5, 0.6) is 0 Å². The molecule has 0 fully saturated rings. The Bertz CT molecular complexity index is 1500. The number of fused-ring (bicyclic) bond motifs is 4. The quantitative estimate of drug-likeness (QED) is 0.364. The van der Waals surface area contributed by atoms with E-state index in [9.17, 15) is 0 Å². The minimum absolute atomic E-state index is 0.174. The summed E-state index contributed by atoms with van der Waals surface area (Å²) in [5, 5.41) is 0.861. The molecule has 0 N–H and O–H groups in total. The van der Waals surface area contributed by atoms with Gasteiger partial charge in [-0.3, -0.25) is 0 Å². The van der Waals surface area contributed by atoms with E-state index < -0.39 is 13.2 Å². The summed E-state index contributed by atoms with van der Waals surface area (Å²) in [5.74, 6) is 0.690. The number of benzene rings is 2. The zero-order valence-electron chi connectivity index (χ0n) is 23.2. The van der Waals surface area contributed by atoms with Gasteiger partial charge in [-0.05, 0) is 67.4 Å². The van der Waals surface area contributed by atoms with Crippen molar-refractivity contribution in [2.45, 2.75) is 47.3 Å². The molecule has 0 aliphatic carbocycles. The van der Waals surface area contributed by atoms with E-state index >= 15 is 0 Å². The molecule has 2 aromatic heterocycles. The summed E-state index contributed by atoms with van der Waals surface area (Å²) in [5.41, 5.74) is 7.06. The van der Waals surface area contributed by atoms with Gasteiger partial charge in [-0.15, -0.1) is 0 Å². The van der Waals surface area contributed by atoms with E-state index in [-0.39, 0.29) is 5.92 Å². The zero-order valence-corrected chi connectivity index (χ0v) is 18.2. The van der Waals surface area contributed by atoms with Gasteiger partial charge in [-0.2, -0.15) is 4.57 Å². The van der Waals surface area contributed by atoms with Crippen LogP contribution in [0.1, 0.15) is 54.5 Å². The van der Waals surface area contributed by atoms with Crippen molar-refractivity contribution in [3.8, 4) is 16.9 Å². The summed E-state index contributed by atoms with van der Waals surface area (Å²) in [7, 11) is 1.96. The molecular formula is C27H30N3+. The molecule has 0 saturated heterocycles. The second-order valence-electron chi connectivity index (χ2n) is 8.58.